The predicted octanol–water partition coefficient (Wildman–Crippen LogP) is 4.46. The first-order valence-corrected chi connectivity index (χ1v) is 7.84. The molecule has 0 aromatic heterocycles. The fraction of sp³-hybridized carbons (Fsp3) is 0.0952. The Labute approximate surface area is 146 Å². The van der Waals surface area contributed by atoms with E-state index in [1.54, 1.807) is 0 Å². The number of methoxy groups -OCH3 is 1. The number of ether oxygens (including phenoxy) is 2. The molecule has 3 rings (SSSR count). The summed E-state index contributed by atoms with van der Waals surface area (Å²) in [4.78, 5) is 11.3. The van der Waals surface area contributed by atoms with Crippen LogP contribution < -0.4 is 9.47 Å². The van der Waals surface area contributed by atoms with Crippen LogP contribution in [0.4, 0.5) is 0 Å². The van der Waals surface area contributed by atoms with Gasteiger partial charge in [-0.25, -0.2) is 0 Å². The largest absolute Gasteiger partial charge is 0.504 e. The quantitative estimate of drug-likeness (QED) is 0.676. The standard InChI is InChI=1S/C21H18O4/c1-24-21-11-17(13-22)19(12-20(21)23)16-7-9-18(10-8-16)25-14-15-5-3-2-4-6-15/h2-13,23H,14H2,1H3. The molecule has 0 saturated heterocycles. The molecule has 0 aliphatic carbocycles. The fourth-order valence-electron chi connectivity index (χ4n) is 2.57. The summed E-state index contributed by atoms with van der Waals surface area (Å²) >= 11 is 0. The Kier molecular flexibility index (Phi) is 5.00. The molecule has 3 aromatic rings. The highest BCUT2D eigenvalue weighted by Gasteiger charge is 2.11. The number of phenolic OH excluding ortho intramolecular Hbond substituents is 1. The van der Waals surface area contributed by atoms with Gasteiger partial charge < -0.3 is 14.6 Å². The minimum absolute atomic E-state index is 0.00694. The molecule has 0 fully saturated rings. The highest BCUT2D eigenvalue weighted by molar-refractivity contribution is 5.89. The van der Waals surface area contributed by atoms with Crippen LogP contribution in [-0.2, 0) is 6.61 Å². The molecule has 0 heterocycles. The third-order valence-electron chi connectivity index (χ3n) is 3.89. The van der Waals surface area contributed by atoms with Gasteiger partial charge in [-0.15, -0.1) is 0 Å². The fourth-order valence-corrected chi connectivity index (χ4v) is 2.57. The zero-order valence-electron chi connectivity index (χ0n) is 13.8. The number of hydrogen-bond donors (Lipinski definition) is 1. The lowest BCUT2D eigenvalue weighted by atomic mass is 9.99. The number of aldehydes is 1. The van der Waals surface area contributed by atoms with Gasteiger partial charge in [0.15, 0.2) is 17.8 Å². The molecule has 1 N–H and O–H groups in total. The summed E-state index contributed by atoms with van der Waals surface area (Å²) in [5.41, 5.74) is 3.00. The second kappa shape index (κ2) is 7.53. The number of rotatable bonds is 6. The van der Waals surface area contributed by atoms with Gasteiger partial charge in [-0.2, -0.15) is 0 Å². The maximum atomic E-state index is 11.3. The number of hydrogen-bond acceptors (Lipinski definition) is 4. The van der Waals surface area contributed by atoms with Crippen molar-refractivity contribution in [1.82, 2.24) is 0 Å². The molecule has 4 heteroatoms. The van der Waals surface area contributed by atoms with Crippen LogP contribution in [0.25, 0.3) is 11.1 Å². The van der Waals surface area contributed by atoms with Crippen LogP contribution in [0.2, 0.25) is 0 Å². The van der Waals surface area contributed by atoms with E-state index in [-0.39, 0.29) is 11.5 Å². The minimum atomic E-state index is -0.00694. The van der Waals surface area contributed by atoms with Crippen molar-refractivity contribution < 1.29 is 19.4 Å². The molecule has 25 heavy (non-hydrogen) atoms. The Morgan fingerprint density at radius 3 is 2.36 bits per heavy atom. The van der Waals surface area contributed by atoms with Crippen LogP contribution in [-0.4, -0.2) is 18.5 Å². The molecule has 0 radical (unpaired) electrons. The van der Waals surface area contributed by atoms with E-state index < -0.39 is 0 Å². The van der Waals surface area contributed by atoms with Crippen LogP contribution in [0.15, 0.2) is 66.7 Å². The summed E-state index contributed by atoms with van der Waals surface area (Å²) < 4.78 is 10.8. The Bertz CT molecular complexity index is 855. The summed E-state index contributed by atoms with van der Waals surface area (Å²) in [5.74, 6) is 0.999. The van der Waals surface area contributed by atoms with E-state index in [0.717, 1.165) is 23.2 Å². The second-order valence-electron chi connectivity index (χ2n) is 5.53. The Morgan fingerprint density at radius 2 is 1.72 bits per heavy atom. The van der Waals surface area contributed by atoms with Crippen molar-refractivity contribution in [3.05, 3.63) is 77.9 Å². The molecule has 0 aliphatic heterocycles. The minimum Gasteiger partial charge on any atom is -0.504 e. The third-order valence-corrected chi connectivity index (χ3v) is 3.89. The Balaban J connectivity index is 1.80. The van der Waals surface area contributed by atoms with Crippen LogP contribution in [0.3, 0.4) is 0 Å². The van der Waals surface area contributed by atoms with Gasteiger partial charge in [0.2, 0.25) is 0 Å². The van der Waals surface area contributed by atoms with E-state index in [1.807, 2.05) is 54.6 Å². The van der Waals surface area contributed by atoms with Crippen molar-refractivity contribution in [3.8, 4) is 28.4 Å². The van der Waals surface area contributed by atoms with Crippen LogP contribution in [0.1, 0.15) is 15.9 Å². The molecule has 3 aromatic carbocycles. The summed E-state index contributed by atoms with van der Waals surface area (Å²) in [5, 5.41) is 9.97. The van der Waals surface area contributed by atoms with Gasteiger partial charge in [-0.05, 0) is 41.0 Å². The molecule has 126 valence electrons. The van der Waals surface area contributed by atoms with Crippen molar-refractivity contribution in [2.75, 3.05) is 7.11 Å². The maximum Gasteiger partial charge on any atom is 0.161 e. The van der Waals surface area contributed by atoms with Crippen LogP contribution in [0, 0.1) is 0 Å². The summed E-state index contributed by atoms with van der Waals surface area (Å²) in [6.07, 6.45) is 0.747. The number of carbonyl (C=O) groups excluding carboxylic acids is 1. The molecule has 0 saturated carbocycles. The first-order valence-electron chi connectivity index (χ1n) is 7.84. The molecular weight excluding hydrogens is 316 g/mol. The van der Waals surface area contributed by atoms with Gasteiger partial charge in [-0.1, -0.05) is 42.5 Å². The van der Waals surface area contributed by atoms with Gasteiger partial charge in [0, 0.05) is 5.56 Å². The van der Waals surface area contributed by atoms with Crippen molar-refractivity contribution >= 4 is 6.29 Å². The zero-order valence-corrected chi connectivity index (χ0v) is 13.8. The highest BCUT2D eigenvalue weighted by atomic mass is 16.5. The summed E-state index contributed by atoms with van der Waals surface area (Å²) in [6.45, 7) is 0.489. The predicted molar refractivity (Wildman–Crippen MR) is 96.3 cm³/mol. The second-order valence-corrected chi connectivity index (χ2v) is 5.53. The molecule has 0 aliphatic rings. The molecule has 0 spiro atoms. The van der Waals surface area contributed by atoms with Crippen molar-refractivity contribution in [2.24, 2.45) is 0 Å². The summed E-state index contributed by atoms with van der Waals surface area (Å²) in [6, 6.07) is 20.4. The van der Waals surface area contributed by atoms with E-state index >= 15 is 0 Å². The van der Waals surface area contributed by atoms with E-state index in [0.29, 0.717) is 17.7 Å². The maximum absolute atomic E-state index is 11.3. The third kappa shape index (κ3) is 3.80. The van der Waals surface area contributed by atoms with E-state index in [1.165, 1.54) is 19.2 Å². The first kappa shape index (κ1) is 16.6. The van der Waals surface area contributed by atoms with E-state index in [2.05, 4.69) is 0 Å². The molecule has 0 bridgehead atoms. The Hall–Kier alpha value is -3.27. The Morgan fingerprint density at radius 1 is 1.00 bits per heavy atom. The van der Waals surface area contributed by atoms with Gasteiger partial charge in [-0.3, -0.25) is 4.79 Å². The lowest BCUT2D eigenvalue weighted by Gasteiger charge is -2.11. The number of aromatic hydroxyl groups is 1. The number of phenols is 1. The van der Waals surface area contributed by atoms with Gasteiger partial charge >= 0.3 is 0 Å². The monoisotopic (exact) mass is 334 g/mol. The summed E-state index contributed by atoms with van der Waals surface area (Å²) in [7, 11) is 1.45. The van der Waals surface area contributed by atoms with Gasteiger partial charge in [0.1, 0.15) is 12.4 Å². The van der Waals surface area contributed by atoms with Crippen molar-refractivity contribution in [2.45, 2.75) is 6.61 Å². The van der Waals surface area contributed by atoms with Gasteiger partial charge in [0.25, 0.3) is 0 Å². The average molecular weight is 334 g/mol. The van der Waals surface area contributed by atoms with E-state index in [4.69, 9.17) is 9.47 Å². The van der Waals surface area contributed by atoms with Gasteiger partial charge in [0.05, 0.1) is 7.11 Å². The normalized spacial score (nSPS) is 10.3. The number of carbonyl (C=O) groups is 1. The van der Waals surface area contributed by atoms with Crippen molar-refractivity contribution in [3.63, 3.8) is 0 Å². The highest BCUT2D eigenvalue weighted by Crippen LogP contribution is 2.34. The lowest BCUT2D eigenvalue weighted by Crippen LogP contribution is -1.95. The average Bonchev–Trinajstić information content (AvgIpc) is 2.67. The molecule has 0 unspecified atom stereocenters. The SMILES string of the molecule is COc1cc(C=O)c(-c2ccc(OCc3ccccc3)cc2)cc1O. The first-order chi connectivity index (χ1) is 12.2. The van der Waals surface area contributed by atoms with Crippen LogP contribution in [0.5, 0.6) is 17.2 Å². The van der Waals surface area contributed by atoms with Crippen LogP contribution >= 0.6 is 0 Å². The lowest BCUT2D eigenvalue weighted by molar-refractivity contribution is 0.112. The van der Waals surface area contributed by atoms with Crippen molar-refractivity contribution in [1.29, 1.82) is 0 Å². The molecule has 0 atom stereocenters. The number of benzene rings is 3. The molecule has 4 nitrogen and oxygen atoms in total. The zero-order chi connectivity index (χ0) is 17.6. The smallest absolute Gasteiger partial charge is 0.161 e. The molecule has 0 amide bonds. The topological polar surface area (TPSA) is 55.8 Å². The van der Waals surface area contributed by atoms with E-state index in [9.17, 15) is 9.90 Å². The molecular formula is C21H18O4.